The summed E-state index contributed by atoms with van der Waals surface area (Å²) in [5, 5.41) is 2.80. The molecule has 1 atom stereocenters. The summed E-state index contributed by atoms with van der Waals surface area (Å²) in [5.74, 6) is 0.925. The number of carbonyl (C=O) groups is 1. The quantitative estimate of drug-likeness (QED) is 0.731. The summed E-state index contributed by atoms with van der Waals surface area (Å²) in [6, 6.07) is 3.52. The number of aryl methyl sites for hydroxylation is 1. The van der Waals surface area contributed by atoms with Crippen molar-refractivity contribution in [3.8, 4) is 11.5 Å². The van der Waals surface area contributed by atoms with E-state index in [4.69, 9.17) is 14.2 Å². The maximum absolute atomic E-state index is 12.7. The second kappa shape index (κ2) is 7.45. The molecule has 1 aromatic carbocycles. The molecule has 2 heterocycles. The SMILES string of the molecule is CCOC(=O)C1=C(C)N=C2SC=CN2C1c1cc(OC)c(OC)cc1C. The lowest BCUT2D eigenvalue weighted by atomic mass is 9.91. The average Bonchev–Trinajstić information content (AvgIpc) is 3.08. The molecule has 26 heavy (non-hydrogen) atoms. The van der Waals surface area contributed by atoms with Crippen LogP contribution in [-0.4, -0.2) is 36.9 Å². The molecule has 0 aliphatic carbocycles. The number of aliphatic imine (C=N–C) groups is 1. The Morgan fingerprint density at radius 1 is 1.23 bits per heavy atom. The summed E-state index contributed by atoms with van der Waals surface area (Å²) in [5.41, 5.74) is 3.15. The monoisotopic (exact) mass is 374 g/mol. The molecule has 0 N–H and O–H groups in total. The van der Waals surface area contributed by atoms with Crippen LogP contribution in [0.4, 0.5) is 0 Å². The van der Waals surface area contributed by atoms with Crippen LogP contribution in [0.15, 0.2) is 40.0 Å². The van der Waals surface area contributed by atoms with Crippen molar-refractivity contribution in [3.05, 3.63) is 46.1 Å². The van der Waals surface area contributed by atoms with Gasteiger partial charge in [0.25, 0.3) is 0 Å². The Morgan fingerprint density at radius 3 is 2.58 bits per heavy atom. The molecule has 0 radical (unpaired) electrons. The molecule has 0 saturated carbocycles. The first-order valence-corrected chi connectivity index (χ1v) is 9.20. The van der Waals surface area contributed by atoms with E-state index in [1.54, 1.807) is 21.1 Å². The highest BCUT2D eigenvalue weighted by atomic mass is 32.2. The summed E-state index contributed by atoms with van der Waals surface area (Å²) >= 11 is 1.53. The van der Waals surface area contributed by atoms with Crippen LogP contribution in [0.5, 0.6) is 11.5 Å². The van der Waals surface area contributed by atoms with E-state index in [2.05, 4.69) is 4.99 Å². The van der Waals surface area contributed by atoms with Crippen LogP contribution >= 0.6 is 11.8 Å². The van der Waals surface area contributed by atoms with Crippen LogP contribution in [0, 0.1) is 6.92 Å². The lowest BCUT2D eigenvalue weighted by molar-refractivity contribution is -0.139. The maximum Gasteiger partial charge on any atom is 0.338 e. The van der Waals surface area contributed by atoms with Crippen molar-refractivity contribution < 1.29 is 19.0 Å². The first kappa shape index (κ1) is 18.4. The smallest absolute Gasteiger partial charge is 0.338 e. The molecule has 2 aliphatic rings. The van der Waals surface area contributed by atoms with E-state index in [9.17, 15) is 4.79 Å². The Hall–Kier alpha value is -2.41. The van der Waals surface area contributed by atoms with Gasteiger partial charge >= 0.3 is 5.97 Å². The van der Waals surface area contributed by atoms with Crippen molar-refractivity contribution in [2.24, 2.45) is 4.99 Å². The number of allylic oxidation sites excluding steroid dienone is 1. The number of amidine groups is 1. The van der Waals surface area contributed by atoms with Gasteiger partial charge in [-0.2, -0.15) is 0 Å². The standard InChI is InChI=1S/C19H22N2O4S/c1-6-25-18(22)16-12(3)20-19-21(7-8-26-19)17(16)13-10-15(24-5)14(23-4)9-11(13)2/h7-10,17H,6H2,1-5H3. The number of ether oxygens (including phenoxy) is 3. The van der Waals surface area contributed by atoms with Crippen molar-refractivity contribution >= 4 is 22.9 Å². The minimum Gasteiger partial charge on any atom is -0.493 e. The topological polar surface area (TPSA) is 60.4 Å². The first-order chi connectivity index (χ1) is 12.5. The van der Waals surface area contributed by atoms with Gasteiger partial charge in [0.1, 0.15) is 0 Å². The number of hydrogen-bond acceptors (Lipinski definition) is 7. The molecule has 0 spiro atoms. The Labute approximate surface area is 157 Å². The molecule has 2 aliphatic heterocycles. The second-order valence-corrected chi connectivity index (χ2v) is 6.76. The van der Waals surface area contributed by atoms with E-state index in [-0.39, 0.29) is 12.0 Å². The summed E-state index contributed by atoms with van der Waals surface area (Å²) < 4.78 is 16.2. The van der Waals surface area contributed by atoms with Gasteiger partial charge in [0.15, 0.2) is 16.7 Å². The number of hydrogen-bond donors (Lipinski definition) is 0. The fraction of sp³-hybridized carbons (Fsp3) is 0.368. The van der Waals surface area contributed by atoms with E-state index in [1.165, 1.54) is 11.8 Å². The van der Waals surface area contributed by atoms with E-state index in [1.807, 2.05) is 42.5 Å². The van der Waals surface area contributed by atoms with E-state index in [0.717, 1.165) is 16.3 Å². The number of methoxy groups -OCH3 is 2. The number of carbonyl (C=O) groups excluding carboxylic acids is 1. The Kier molecular flexibility index (Phi) is 5.27. The van der Waals surface area contributed by atoms with E-state index < -0.39 is 0 Å². The highest BCUT2D eigenvalue weighted by Gasteiger charge is 2.38. The minimum atomic E-state index is -0.350. The van der Waals surface area contributed by atoms with Crippen LogP contribution in [0.1, 0.15) is 31.0 Å². The van der Waals surface area contributed by atoms with Crippen LogP contribution in [0.3, 0.4) is 0 Å². The molecule has 7 heteroatoms. The lowest BCUT2D eigenvalue weighted by Gasteiger charge is -2.34. The van der Waals surface area contributed by atoms with Gasteiger partial charge in [0, 0.05) is 6.20 Å². The lowest BCUT2D eigenvalue weighted by Crippen LogP contribution is -2.34. The molecule has 0 amide bonds. The highest BCUT2D eigenvalue weighted by Crippen LogP contribution is 2.44. The zero-order valence-electron chi connectivity index (χ0n) is 15.5. The molecule has 3 rings (SSSR count). The van der Waals surface area contributed by atoms with Crippen molar-refractivity contribution in [2.75, 3.05) is 20.8 Å². The summed E-state index contributed by atoms with van der Waals surface area (Å²) in [4.78, 5) is 19.3. The second-order valence-electron chi connectivity index (χ2n) is 5.89. The Bertz CT molecular complexity index is 829. The number of rotatable bonds is 5. The van der Waals surface area contributed by atoms with Gasteiger partial charge in [-0.1, -0.05) is 11.8 Å². The third-order valence-electron chi connectivity index (χ3n) is 4.38. The fourth-order valence-electron chi connectivity index (χ4n) is 3.17. The summed E-state index contributed by atoms with van der Waals surface area (Å²) in [7, 11) is 3.21. The summed E-state index contributed by atoms with van der Waals surface area (Å²) in [6.45, 7) is 5.95. The predicted molar refractivity (Wildman–Crippen MR) is 102 cm³/mol. The van der Waals surface area contributed by atoms with E-state index >= 15 is 0 Å². The van der Waals surface area contributed by atoms with Gasteiger partial charge in [-0.05, 0) is 49.4 Å². The Balaban J connectivity index is 2.18. The minimum absolute atomic E-state index is 0.314. The molecule has 0 bridgehead atoms. The van der Waals surface area contributed by atoms with Crippen LogP contribution < -0.4 is 9.47 Å². The van der Waals surface area contributed by atoms with Crippen molar-refractivity contribution in [2.45, 2.75) is 26.8 Å². The number of benzene rings is 1. The average molecular weight is 374 g/mol. The molecular formula is C19H22N2O4S. The first-order valence-electron chi connectivity index (χ1n) is 8.32. The van der Waals surface area contributed by atoms with Crippen molar-refractivity contribution in [1.29, 1.82) is 0 Å². The van der Waals surface area contributed by atoms with Crippen LogP contribution in [0.25, 0.3) is 0 Å². The van der Waals surface area contributed by atoms with Crippen molar-refractivity contribution in [1.82, 2.24) is 4.90 Å². The zero-order chi connectivity index (χ0) is 18.8. The molecule has 138 valence electrons. The maximum atomic E-state index is 12.7. The molecule has 1 unspecified atom stereocenters. The van der Waals surface area contributed by atoms with Gasteiger partial charge in [0.05, 0.1) is 38.1 Å². The van der Waals surface area contributed by atoms with Crippen molar-refractivity contribution in [3.63, 3.8) is 0 Å². The normalized spacial score (nSPS) is 18.6. The molecule has 1 aromatic rings. The third kappa shape index (κ3) is 3.07. The van der Waals surface area contributed by atoms with Gasteiger partial charge < -0.3 is 19.1 Å². The van der Waals surface area contributed by atoms with Crippen LogP contribution in [0.2, 0.25) is 0 Å². The van der Waals surface area contributed by atoms with Gasteiger partial charge in [0.2, 0.25) is 0 Å². The molecular weight excluding hydrogens is 352 g/mol. The predicted octanol–water partition coefficient (Wildman–Crippen LogP) is 3.78. The van der Waals surface area contributed by atoms with E-state index in [0.29, 0.717) is 29.4 Å². The van der Waals surface area contributed by atoms with Gasteiger partial charge in [-0.25, -0.2) is 9.79 Å². The largest absolute Gasteiger partial charge is 0.493 e. The van der Waals surface area contributed by atoms with Gasteiger partial charge in [-0.15, -0.1) is 0 Å². The number of fused-ring (bicyclic) bond motifs is 1. The highest BCUT2D eigenvalue weighted by molar-refractivity contribution is 8.16. The number of nitrogens with zero attached hydrogens (tertiary/aromatic N) is 2. The molecule has 0 aromatic heterocycles. The van der Waals surface area contributed by atoms with Gasteiger partial charge in [-0.3, -0.25) is 0 Å². The third-order valence-corrected chi connectivity index (χ3v) is 5.15. The zero-order valence-corrected chi connectivity index (χ0v) is 16.3. The Morgan fingerprint density at radius 2 is 1.92 bits per heavy atom. The number of thioether (sulfide) groups is 1. The van der Waals surface area contributed by atoms with Crippen LogP contribution in [-0.2, 0) is 9.53 Å². The number of esters is 1. The molecule has 6 nitrogen and oxygen atoms in total. The molecule has 0 saturated heterocycles. The molecule has 0 fully saturated rings. The summed E-state index contributed by atoms with van der Waals surface area (Å²) in [6.07, 6.45) is 1.94. The fourth-order valence-corrected chi connectivity index (χ4v) is 3.96.